The van der Waals surface area contributed by atoms with Crippen molar-refractivity contribution in [3.8, 4) is 0 Å². The van der Waals surface area contributed by atoms with Crippen molar-refractivity contribution < 1.29 is 19.8 Å². The van der Waals surface area contributed by atoms with Crippen LogP contribution in [0.4, 0.5) is 0 Å². The molecule has 2 N–H and O–H groups in total. The van der Waals surface area contributed by atoms with E-state index >= 15 is 0 Å². The van der Waals surface area contributed by atoms with Gasteiger partial charge in [-0.15, -0.1) is 0 Å². The van der Waals surface area contributed by atoms with Crippen LogP contribution in [0.1, 0.15) is 77.6 Å². The molecule has 0 aromatic heterocycles. The van der Waals surface area contributed by atoms with Crippen molar-refractivity contribution in [1.29, 1.82) is 0 Å². The molecule has 5 heteroatoms. The molecule has 128 valence electrons. The van der Waals surface area contributed by atoms with Crippen molar-refractivity contribution in [1.82, 2.24) is 4.90 Å². The first-order chi connectivity index (χ1) is 10.6. The van der Waals surface area contributed by atoms with Gasteiger partial charge in [0.2, 0.25) is 5.91 Å². The zero-order valence-corrected chi connectivity index (χ0v) is 13.8. The second kappa shape index (κ2) is 10.6. The van der Waals surface area contributed by atoms with Crippen LogP contribution in [0.25, 0.3) is 0 Å². The maximum absolute atomic E-state index is 12.1. The quantitative estimate of drug-likeness (QED) is 0.575. The molecule has 0 bridgehead atoms. The number of unbranched alkanes of at least 4 members (excludes halogenated alkanes) is 8. The lowest BCUT2D eigenvalue weighted by atomic mass is 10.1. The molecule has 1 aliphatic rings. The van der Waals surface area contributed by atoms with Crippen LogP contribution < -0.4 is 0 Å². The molecule has 0 aromatic carbocycles. The highest BCUT2D eigenvalue weighted by atomic mass is 16.4. The molecule has 1 fully saturated rings. The van der Waals surface area contributed by atoms with Gasteiger partial charge in [0, 0.05) is 19.4 Å². The molecule has 0 radical (unpaired) electrons. The van der Waals surface area contributed by atoms with Crippen molar-refractivity contribution >= 4 is 11.9 Å². The number of carbonyl (C=O) groups excluding carboxylic acids is 1. The predicted octanol–water partition coefficient (Wildman–Crippen LogP) is 2.95. The summed E-state index contributed by atoms with van der Waals surface area (Å²) < 4.78 is 0. The molecular weight excluding hydrogens is 282 g/mol. The Labute approximate surface area is 133 Å². The molecule has 0 aromatic rings. The van der Waals surface area contributed by atoms with Gasteiger partial charge in [-0.2, -0.15) is 0 Å². The number of aliphatic hydroxyl groups excluding tert-OH is 1. The standard InChI is InChI=1S/C17H31NO4/c1-2-3-4-5-6-7-8-9-10-11-16(20)18-13-14(19)12-15(18)17(21)22/h14-15,19H,2-13H2,1H3,(H,21,22). The Hall–Kier alpha value is -1.10. The fraction of sp³-hybridized carbons (Fsp3) is 0.882. The van der Waals surface area contributed by atoms with Crippen molar-refractivity contribution in [2.75, 3.05) is 6.54 Å². The van der Waals surface area contributed by atoms with Crippen LogP contribution in [0.3, 0.4) is 0 Å². The smallest absolute Gasteiger partial charge is 0.326 e. The zero-order chi connectivity index (χ0) is 16.4. The first-order valence-electron chi connectivity index (χ1n) is 8.76. The maximum atomic E-state index is 12.1. The number of aliphatic carboxylic acids is 1. The maximum Gasteiger partial charge on any atom is 0.326 e. The summed E-state index contributed by atoms with van der Waals surface area (Å²) in [6.45, 7) is 2.37. The summed E-state index contributed by atoms with van der Waals surface area (Å²) in [7, 11) is 0. The van der Waals surface area contributed by atoms with Crippen LogP contribution in [0.5, 0.6) is 0 Å². The molecular formula is C17H31NO4. The Morgan fingerprint density at radius 1 is 1.00 bits per heavy atom. The number of carbonyl (C=O) groups is 2. The predicted molar refractivity (Wildman–Crippen MR) is 85.6 cm³/mol. The van der Waals surface area contributed by atoms with Gasteiger partial charge >= 0.3 is 5.97 Å². The monoisotopic (exact) mass is 313 g/mol. The molecule has 0 spiro atoms. The largest absolute Gasteiger partial charge is 0.480 e. The van der Waals surface area contributed by atoms with Crippen LogP contribution in [0.15, 0.2) is 0 Å². The fourth-order valence-electron chi connectivity index (χ4n) is 3.05. The highest BCUT2D eigenvalue weighted by Gasteiger charge is 2.38. The van der Waals surface area contributed by atoms with Crippen molar-refractivity contribution in [3.63, 3.8) is 0 Å². The molecule has 2 atom stereocenters. The van der Waals surface area contributed by atoms with E-state index in [0.29, 0.717) is 6.42 Å². The second-order valence-corrected chi connectivity index (χ2v) is 6.37. The topological polar surface area (TPSA) is 77.8 Å². The Morgan fingerprint density at radius 3 is 2.09 bits per heavy atom. The van der Waals surface area contributed by atoms with Gasteiger partial charge in [-0.1, -0.05) is 58.3 Å². The third-order valence-corrected chi connectivity index (χ3v) is 4.38. The van der Waals surface area contributed by atoms with E-state index in [1.807, 2.05) is 0 Å². The van der Waals surface area contributed by atoms with Crippen molar-refractivity contribution in [2.24, 2.45) is 0 Å². The molecule has 0 aliphatic carbocycles. The van der Waals surface area contributed by atoms with Gasteiger partial charge < -0.3 is 15.1 Å². The number of β-amino-alcohol motifs (C(OH)–C–C–N with tert-alkyl or cyclic N) is 1. The summed E-state index contributed by atoms with van der Waals surface area (Å²) >= 11 is 0. The zero-order valence-electron chi connectivity index (χ0n) is 13.8. The van der Waals surface area contributed by atoms with E-state index in [9.17, 15) is 14.7 Å². The molecule has 1 amide bonds. The van der Waals surface area contributed by atoms with Gasteiger partial charge in [-0.25, -0.2) is 4.79 Å². The number of rotatable bonds is 11. The van der Waals surface area contributed by atoms with E-state index in [4.69, 9.17) is 5.11 Å². The lowest BCUT2D eigenvalue weighted by Gasteiger charge is -2.21. The molecule has 1 rings (SSSR count). The average molecular weight is 313 g/mol. The van der Waals surface area contributed by atoms with E-state index in [-0.39, 0.29) is 18.9 Å². The number of amides is 1. The summed E-state index contributed by atoms with van der Waals surface area (Å²) in [5.74, 6) is -1.15. The van der Waals surface area contributed by atoms with Crippen LogP contribution >= 0.6 is 0 Å². The van der Waals surface area contributed by atoms with Gasteiger partial charge in [-0.05, 0) is 6.42 Å². The van der Waals surface area contributed by atoms with E-state index < -0.39 is 18.1 Å². The average Bonchev–Trinajstić information content (AvgIpc) is 2.87. The summed E-state index contributed by atoms with van der Waals surface area (Å²) in [5.41, 5.74) is 0. The van der Waals surface area contributed by atoms with E-state index in [1.54, 1.807) is 0 Å². The van der Waals surface area contributed by atoms with Crippen LogP contribution in [-0.2, 0) is 9.59 Å². The van der Waals surface area contributed by atoms with Gasteiger partial charge in [0.15, 0.2) is 0 Å². The number of carboxylic acids is 1. The first-order valence-corrected chi connectivity index (χ1v) is 8.76. The summed E-state index contributed by atoms with van der Waals surface area (Å²) in [6.07, 6.45) is 10.5. The summed E-state index contributed by atoms with van der Waals surface area (Å²) in [6, 6.07) is -0.846. The number of aliphatic hydroxyl groups is 1. The molecule has 1 saturated heterocycles. The van der Waals surface area contributed by atoms with Gasteiger partial charge in [0.25, 0.3) is 0 Å². The molecule has 2 unspecified atom stereocenters. The van der Waals surface area contributed by atoms with E-state index in [2.05, 4.69) is 6.92 Å². The first kappa shape index (κ1) is 18.9. The molecule has 1 aliphatic heterocycles. The van der Waals surface area contributed by atoms with E-state index in [0.717, 1.165) is 19.3 Å². The van der Waals surface area contributed by atoms with Crippen LogP contribution in [0, 0.1) is 0 Å². The number of nitrogens with zero attached hydrogens (tertiary/aromatic N) is 1. The molecule has 22 heavy (non-hydrogen) atoms. The minimum atomic E-state index is -1.02. The second-order valence-electron chi connectivity index (χ2n) is 6.37. The van der Waals surface area contributed by atoms with Gasteiger partial charge in [0.05, 0.1) is 6.10 Å². The fourth-order valence-corrected chi connectivity index (χ4v) is 3.05. The van der Waals surface area contributed by atoms with Gasteiger partial charge in [-0.3, -0.25) is 4.79 Å². The minimum absolute atomic E-state index is 0.133. The lowest BCUT2D eigenvalue weighted by molar-refractivity contribution is -0.148. The number of likely N-dealkylation sites (tertiary alicyclic amines) is 1. The highest BCUT2D eigenvalue weighted by Crippen LogP contribution is 2.20. The lowest BCUT2D eigenvalue weighted by Crippen LogP contribution is -2.40. The number of hydrogen-bond acceptors (Lipinski definition) is 3. The normalized spacial score (nSPS) is 21.3. The van der Waals surface area contributed by atoms with Crippen LogP contribution in [-0.4, -0.2) is 45.7 Å². The Bertz CT molecular complexity index is 346. The van der Waals surface area contributed by atoms with Crippen molar-refractivity contribution in [3.05, 3.63) is 0 Å². The Morgan fingerprint density at radius 2 is 1.55 bits per heavy atom. The van der Waals surface area contributed by atoms with E-state index in [1.165, 1.54) is 43.4 Å². The number of hydrogen-bond donors (Lipinski definition) is 2. The Kier molecular flexibility index (Phi) is 9.13. The third kappa shape index (κ3) is 6.77. The number of carboxylic acid groups (broad SMARTS) is 1. The summed E-state index contributed by atoms with van der Waals surface area (Å²) in [4.78, 5) is 24.5. The third-order valence-electron chi connectivity index (χ3n) is 4.38. The molecule has 5 nitrogen and oxygen atoms in total. The molecule has 1 heterocycles. The highest BCUT2D eigenvalue weighted by molar-refractivity contribution is 5.84. The van der Waals surface area contributed by atoms with Gasteiger partial charge in [0.1, 0.15) is 6.04 Å². The SMILES string of the molecule is CCCCCCCCCCCC(=O)N1CC(O)CC1C(=O)O. The summed E-state index contributed by atoms with van der Waals surface area (Å²) in [5, 5.41) is 18.6. The van der Waals surface area contributed by atoms with Crippen LogP contribution in [0.2, 0.25) is 0 Å². The minimum Gasteiger partial charge on any atom is -0.480 e. The molecule has 0 saturated carbocycles. The Balaban J connectivity index is 2.09. The van der Waals surface area contributed by atoms with Crippen molar-refractivity contribution in [2.45, 2.75) is 89.7 Å².